The highest BCUT2D eigenvalue weighted by molar-refractivity contribution is 7.89. The van der Waals surface area contributed by atoms with E-state index in [1.807, 2.05) is 36.4 Å². The zero-order valence-corrected chi connectivity index (χ0v) is 21.3. The summed E-state index contributed by atoms with van der Waals surface area (Å²) >= 11 is 0. The van der Waals surface area contributed by atoms with Gasteiger partial charge in [0.1, 0.15) is 5.82 Å². The van der Waals surface area contributed by atoms with Crippen molar-refractivity contribution in [2.45, 2.75) is 31.1 Å². The van der Waals surface area contributed by atoms with Crippen LogP contribution in [-0.2, 0) is 26.0 Å². The molecule has 0 radical (unpaired) electrons. The molecule has 3 heterocycles. The third-order valence-corrected chi connectivity index (χ3v) is 8.89. The van der Waals surface area contributed by atoms with Crippen LogP contribution in [-0.4, -0.2) is 63.0 Å². The number of benzene rings is 2. The van der Waals surface area contributed by atoms with Gasteiger partial charge < -0.3 is 15.0 Å². The van der Waals surface area contributed by atoms with Gasteiger partial charge in [-0.15, -0.1) is 0 Å². The van der Waals surface area contributed by atoms with Gasteiger partial charge in [0.15, 0.2) is 0 Å². The van der Waals surface area contributed by atoms with Crippen molar-refractivity contribution >= 4 is 38.3 Å². The normalized spacial score (nSPS) is 19.4. The fraction of sp³-hybridized carbons (Fsp3) is 0.407. The van der Waals surface area contributed by atoms with E-state index in [4.69, 9.17) is 9.72 Å². The number of carbonyl (C=O) groups is 1. The number of amides is 1. The van der Waals surface area contributed by atoms with Crippen molar-refractivity contribution in [1.82, 2.24) is 9.29 Å². The molecule has 1 N–H and O–H groups in total. The number of sulfonamides is 1. The van der Waals surface area contributed by atoms with Crippen LogP contribution >= 0.6 is 0 Å². The number of aryl methyl sites for hydroxylation is 1. The molecular weight excluding hydrogens is 476 g/mol. The summed E-state index contributed by atoms with van der Waals surface area (Å²) in [6.45, 7) is 5.10. The maximum atomic E-state index is 13.0. The third-order valence-electron chi connectivity index (χ3n) is 7.00. The average Bonchev–Trinajstić information content (AvgIpc) is 2.93. The van der Waals surface area contributed by atoms with E-state index in [2.05, 4.69) is 17.1 Å². The molecule has 0 bridgehead atoms. The number of fused-ring (bicyclic) bond motifs is 1. The van der Waals surface area contributed by atoms with Crippen LogP contribution < -0.4 is 10.2 Å². The van der Waals surface area contributed by atoms with Crippen LogP contribution in [0.5, 0.6) is 0 Å². The van der Waals surface area contributed by atoms with E-state index in [9.17, 15) is 13.2 Å². The molecule has 0 saturated carbocycles. The Morgan fingerprint density at radius 3 is 2.58 bits per heavy atom. The number of pyridine rings is 1. The number of ether oxygens (including phenoxy) is 1. The molecule has 2 aliphatic heterocycles. The summed E-state index contributed by atoms with van der Waals surface area (Å²) in [6, 6.07) is 16.9. The molecule has 0 unspecified atom stereocenters. The summed E-state index contributed by atoms with van der Waals surface area (Å²) in [5, 5.41) is 3.83. The summed E-state index contributed by atoms with van der Waals surface area (Å²) in [5.41, 5.74) is 2.79. The van der Waals surface area contributed by atoms with Crippen LogP contribution in [0.2, 0.25) is 0 Å². The number of aromatic nitrogens is 1. The zero-order chi connectivity index (χ0) is 25.1. The molecule has 2 aliphatic rings. The molecule has 0 spiro atoms. The number of morpholine rings is 1. The highest BCUT2D eigenvalue weighted by Crippen LogP contribution is 2.27. The van der Waals surface area contributed by atoms with Gasteiger partial charge in [0.2, 0.25) is 15.9 Å². The molecule has 1 atom stereocenters. The SMILES string of the molecule is CCc1ccc(NC(=O)[C@@H]2CCCN(c3ccc4cc(S(=O)(=O)N5CCOCC5)ccc4n3)C2)cc1. The Balaban J connectivity index is 1.29. The molecule has 190 valence electrons. The van der Waals surface area contributed by atoms with E-state index < -0.39 is 10.0 Å². The summed E-state index contributed by atoms with van der Waals surface area (Å²) in [6.07, 6.45) is 2.71. The van der Waals surface area contributed by atoms with Gasteiger partial charge in [0.05, 0.1) is 29.5 Å². The Kier molecular flexibility index (Phi) is 7.22. The van der Waals surface area contributed by atoms with E-state index in [-0.39, 0.29) is 16.7 Å². The van der Waals surface area contributed by atoms with Gasteiger partial charge in [0, 0.05) is 37.3 Å². The third kappa shape index (κ3) is 5.23. The van der Waals surface area contributed by atoms with E-state index in [0.29, 0.717) is 32.8 Å². The molecule has 8 nitrogen and oxygen atoms in total. The maximum absolute atomic E-state index is 13.0. The minimum absolute atomic E-state index is 0.0303. The smallest absolute Gasteiger partial charge is 0.243 e. The lowest BCUT2D eigenvalue weighted by Crippen LogP contribution is -2.41. The number of hydrogen-bond donors (Lipinski definition) is 1. The first kappa shape index (κ1) is 24.7. The first-order valence-electron chi connectivity index (χ1n) is 12.6. The second-order valence-electron chi connectivity index (χ2n) is 9.37. The predicted octanol–water partition coefficient (Wildman–Crippen LogP) is 3.67. The topological polar surface area (TPSA) is 91.8 Å². The summed E-state index contributed by atoms with van der Waals surface area (Å²) < 4.78 is 32.8. The Morgan fingerprint density at radius 2 is 1.83 bits per heavy atom. The molecule has 0 aliphatic carbocycles. The molecule has 1 amide bonds. The second kappa shape index (κ2) is 10.5. The number of nitrogens with one attached hydrogen (secondary N) is 1. The van der Waals surface area contributed by atoms with Crippen molar-refractivity contribution in [1.29, 1.82) is 0 Å². The van der Waals surface area contributed by atoms with Crippen LogP contribution in [0.1, 0.15) is 25.3 Å². The Labute approximate surface area is 212 Å². The van der Waals surface area contributed by atoms with Crippen LogP contribution in [0, 0.1) is 5.92 Å². The summed E-state index contributed by atoms with van der Waals surface area (Å²) in [7, 11) is -3.56. The van der Waals surface area contributed by atoms with Gasteiger partial charge in [-0.25, -0.2) is 13.4 Å². The largest absolute Gasteiger partial charge is 0.379 e. The Hall–Kier alpha value is -3.01. The molecule has 1 aromatic heterocycles. The molecule has 2 saturated heterocycles. The van der Waals surface area contributed by atoms with Gasteiger partial charge in [0.25, 0.3) is 0 Å². The van der Waals surface area contributed by atoms with Crippen molar-refractivity contribution in [3.05, 3.63) is 60.2 Å². The molecule has 5 rings (SSSR count). The monoisotopic (exact) mass is 508 g/mol. The van der Waals surface area contributed by atoms with Crippen molar-refractivity contribution in [2.24, 2.45) is 5.92 Å². The number of rotatable bonds is 6. The van der Waals surface area contributed by atoms with Gasteiger partial charge in [-0.05, 0) is 67.3 Å². The number of nitrogens with zero attached hydrogens (tertiary/aromatic N) is 3. The molecular formula is C27H32N4O4S. The standard InChI is InChI=1S/C27H32N4O4S/c1-2-20-5-8-23(9-6-20)28-27(32)22-4-3-13-30(19-22)26-12-7-21-18-24(10-11-25(21)29-26)36(33,34)31-14-16-35-17-15-31/h5-12,18,22H,2-4,13-17,19H2,1H3,(H,28,32)/t22-/m1/s1. The zero-order valence-electron chi connectivity index (χ0n) is 20.5. The number of hydrogen-bond acceptors (Lipinski definition) is 6. The first-order chi connectivity index (χ1) is 17.4. The number of piperidine rings is 1. The minimum Gasteiger partial charge on any atom is -0.379 e. The second-order valence-corrected chi connectivity index (χ2v) is 11.3. The van der Waals surface area contributed by atoms with E-state index >= 15 is 0 Å². The lowest BCUT2D eigenvalue weighted by Gasteiger charge is -2.33. The average molecular weight is 509 g/mol. The van der Waals surface area contributed by atoms with Gasteiger partial charge in [-0.2, -0.15) is 4.31 Å². The number of carbonyl (C=O) groups excluding carboxylic acids is 1. The lowest BCUT2D eigenvalue weighted by molar-refractivity contribution is -0.120. The van der Waals surface area contributed by atoms with Crippen molar-refractivity contribution < 1.29 is 17.9 Å². The summed E-state index contributed by atoms with van der Waals surface area (Å²) in [5.74, 6) is 0.710. The minimum atomic E-state index is -3.56. The fourth-order valence-electron chi connectivity index (χ4n) is 4.83. The predicted molar refractivity (Wildman–Crippen MR) is 141 cm³/mol. The highest BCUT2D eigenvalue weighted by atomic mass is 32.2. The molecule has 3 aromatic rings. The Bertz CT molecular complexity index is 1340. The maximum Gasteiger partial charge on any atom is 0.243 e. The number of anilines is 2. The van der Waals surface area contributed by atoms with E-state index in [1.54, 1.807) is 18.2 Å². The lowest BCUT2D eigenvalue weighted by atomic mass is 9.97. The van der Waals surface area contributed by atoms with Gasteiger partial charge >= 0.3 is 0 Å². The molecule has 2 fully saturated rings. The van der Waals surface area contributed by atoms with Gasteiger partial charge in [-0.1, -0.05) is 19.1 Å². The van der Waals surface area contributed by atoms with Gasteiger partial charge in [-0.3, -0.25) is 4.79 Å². The quantitative estimate of drug-likeness (QED) is 0.546. The molecule has 2 aromatic carbocycles. The molecule has 36 heavy (non-hydrogen) atoms. The van der Waals surface area contributed by atoms with Crippen molar-refractivity contribution in [2.75, 3.05) is 49.6 Å². The van der Waals surface area contributed by atoms with Crippen molar-refractivity contribution in [3.63, 3.8) is 0 Å². The fourth-order valence-corrected chi connectivity index (χ4v) is 6.28. The summed E-state index contributed by atoms with van der Waals surface area (Å²) in [4.78, 5) is 20.2. The van der Waals surface area contributed by atoms with E-state index in [0.717, 1.165) is 48.2 Å². The van der Waals surface area contributed by atoms with E-state index in [1.165, 1.54) is 9.87 Å². The van der Waals surface area contributed by atoms with Crippen LogP contribution in [0.3, 0.4) is 0 Å². The van der Waals surface area contributed by atoms with Crippen LogP contribution in [0.15, 0.2) is 59.5 Å². The highest BCUT2D eigenvalue weighted by Gasteiger charge is 2.28. The Morgan fingerprint density at radius 1 is 1.06 bits per heavy atom. The first-order valence-corrected chi connectivity index (χ1v) is 14.0. The van der Waals surface area contributed by atoms with Crippen molar-refractivity contribution in [3.8, 4) is 0 Å². The van der Waals surface area contributed by atoms with Crippen LogP contribution in [0.25, 0.3) is 10.9 Å². The van der Waals surface area contributed by atoms with Crippen LogP contribution in [0.4, 0.5) is 11.5 Å². The molecule has 9 heteroatoms.